The van der Waals surface area contributed by atoms with E-state index in [0.29, 0.717) is 6.10 Å². The van der Waals surface area contributed by atoms with Gasteiger partial charge < -0.3 is 9.64 Å². The predicted octanol–water partition coefficient (Wildman–Crippen LogP) is 3.37. The van der Waals surface area contributed by atoms with E-state index in [1.165, 1.54) is 14.6 Å². The summed E-state index contributed by atoms with van der Waals surface area (Å²) in [7, 11) is 1.80. The minimum atomic E-state index is 0.354. The summed E-state index contributed by atoms with van der Waals surface area (Å²) in [5.74, 6) is 0. The van der Waals surface area contributed by atoms with Crippen LogP contribution in [0.1, 0.15) is 12.1 Å². The number of aryl methyl sites for hydroxylation is 1. The number of ether oxygens (including phenoxy) is 1. The average Bonchev–Trinajstić information content (AvgIpc) is 2.85. The number of halogens is 1. The van der Waals surface area contributed by atoms with E-state index in [2.05, 4.69) is 63.7 Å². The lowest BCUT2D eigenvalue weighted by Crippen LogP contribution is -2.22. The van der Waals surface area contributed by atoms with Crippen molar-refractivity contribution in [2.75, 3.05) is 25.1 Å². The first-order valence-corrected chi connectivity index (χ1v) is 7.60. The third kappa shape index (κ3) is 2.56. The zero-order valence-corrected chi connectivity index (χ0v) is 13.3. The maximum Gasteiger partial charge on any atom is 0.0762 e. The van der Waals surface area contributed by atoms with Gasteiger partial charge in [-0.1, -0.05) is 0 Å². The van der Waals surface area contributed by atoms with Gasteiger partial charge in [-0.15, -0.1) is 0 Å². The first-order valence-electron chi connectivity index (χ1n) is 6.52. The molecule has 0 saturated carbocycles. The molecular formula is C15H17IN2O. The van der Waals surface area contributed by atoms with Gasteiger partial charge in [-0.2, -0.15) is 0 Å². The molecule has 1 saturated heterocycles. The Labute approximate surface area is 127 Å². The molecule has 1 unspecified atom stereocenters. The number of fused-ring (bicyclic) bond motifs is 1. The Hall–Kier alpha value is -0.880. The number of aromatic nitrogens is 1. The molecule has 19 heavy (non-hydrogen) atoms. The van der Waals surface area contributed by atoms with Crippen molar-refractivity contribution in [3.63, 3.8) is 0 Å². The molecule has 0 amide bonds. The van der Waals surface area contributed by atoms with Gasteiger partial charge in [0.1, 0.15) is 0 Å². The molecule has 0 radical (unpaired) electrons. The minimum absolute atomic E-state index is 0.354. The Morgan fingerprint density at radius 3 is 2.95 bits per heavy atom. The molecule has 1 atom stereocenters. The summed E-state index contributed by atoms with van der Waals surface area (Å²) >= 11 is 2.34. The SMILES string of the molecule is COC1CCN(c2cc(C)nc3cc(I)ccc23)C1. The third-order valence-corrected chi connectivity index (χ3v) is 4.37. The Morgan fingerprint density at radius 1 is 1.37 bits per heavy atom. The van der Waals surface area contributed by atoms with E-state index >= 15 is 0 Å². The van der Waals surface area contributed by atoms with Crippen molar-refractivity contribution in [2.24, 2.45) is 0 Å². The smallest absolute Gasteiger partial charge is 0.0762 e. The van der Waals surface area contributed by atoms with E-state index in [-0.39, 0.29) is 0 Å². The van der Waals surface area contributed by atoms with Crippen LogP contribution < -0.4 is 4.90 Å². The Balaban J connectivity index is 2.08. The number of hydrogen-bond donors (Lipinski definition) is 0. The van der Waals surface area contributed by atoms with Crippen molar-refractivity contribution in [2.45, 2.75) is 19.4 Å². The average molecular weight is 368 g/mol. The van der Waals surface area contributed by atoms with Crippen LogP contribution >= 0.6 is 22.6 Å². The lowest BCUT2D eigenvalue weighted by atomic mass is 10.1. The van der Waals surface area contributed by atoms with Crippen LogP contribution in [0.15, 0.2) is 24.3 Å². The fourth-order valence-electron chi connectivity index (χ4n) is 2.71. The van der Waals surface area contributed by atoms with E-state index < -0.39 is 0 Å². The first-order chi connectivity index (χ1) is 9.17. The van der Waals surface area contributed by atoms with Crippen molar-refractivity contribution in [1.29, 1.82) is 0 Å². The van der Waals surface area contributed by atoms with Crippen molar-refractivity contribution < 1.29 is 4.74 Å². The van der Waals surface area contributed by atoms with Gasteiger partial charge in [-0.3, -0.25) is 4.98 Å². The van der Waals surface area contributed by atoms with Crippen LogP contribution in [0, 0.1) is 10.5 Å². The number of nitrogens with zero attached hydrogens (tertiary/aromatic N) is 2. The Bertz CT molecular complexity index is 609. The summed E-state index contributed by atoms with van der Waals surface area (Å²) in [6.45, 7) is 4.09. The van der Waals surface area contributed by atoms with Crippen molar-refractivity contribution in [1.82, 2.24) is 4.98 Å². The molecule has 1 aromatic heterocycles. The molecule has 0 spiro atoms. The third-order valence-electron chi connectivity index (χ3n) is 3.70. The number of pyridine rings is 1. The van der Waals surface area contributed by atoms with Crippen LogP contribution in [0.4, 0.5) is 5.69 Å². The summed E-state index contributed by atoms with van der Waals surface area (Å²) in [5, 5.41) is 1.24. The van der Waals surface area contributed by atoms with E-state index in [1.807, 2.05) is 0 Å². The van der Waals surface area contributed by atoms with Gasteiger partial charge in [-0.05, 0) is 60.2 Å². The van der Waals surface area contributed by atoms with Crippen LogP contribution in [-0.2, 0) is 4.74 Å². The maximum absolute atomic E-state index is 5.47. The normalized spacial score (nSPS) is 19.3. The highest BCUT2D eigenvalue weighted by Crippen LogP contribution is 2.30. The van der Waals surface area contributed by atoms with Crippen LogP contribution in [0.2, 0.25) is 0 Å². The number of rotatable bonds is 2. The quantitative estimate of drug-likeness (QED) is 0.760. The molecule has 1 aromatic carbocycles. The van der Waals surface area contributed by atoms with Gasteiger partial charge in [0, 0.05) is 40.5 Å². The van der Waals surface area contributed by atoms with Gasteiger partial charge in [0.15, 0.2) is 0 Å². The van der Waals surface area contributed by atoms with Crippen LogP contribution in [0.5, 0.6) is 0 Å². The van der Waals surface area contributed by atoms with Crippen molar-refractivity contribution in [3.05, 3.63) is 33.5 Å². The molecule has 0 N–H and O–H groups in total. The van der Waals surface area contributed by atoms with Crippen molar-refractivity contribution in [3.8, 4) is 0 Å². The van der Waals surface area contributed by atoms with Gasteiger partial charge in [0.05, 0.1) is 11.6 Å². The molecule has 100 valence electrons. The van der Waals surface area contributed by atoms with E-state index in [0.717, 1.165) is 30.7 Å². The zero-order chi connectivity index (χ0) is 13.4. The summed E-state index contributed by atoms with van der Waals surface area (Å²) in [6, 6.07) is 8.66. The first kappa shape index (κ1) is 13.1. The molecule has 4 heteroatoms. The second-order valence-corrected chi connectivity index (χ2v) is 6.28. The van der Waals surface area contributed by atoms with E-state index in [9.17, 15) is 0 Å². The molecule has 1 fully saturated rings. The molecule has 0 aliphatic carbocycles. The second kappa shape index (κ2) is 5.25. The molecule has 2 aromatic rings. The summed E-state index contributed by atoms with van der Waals surface area (Å²) in [6.07, 6.45) is 1.45. The zero-order valence-electron chi connectivity index (χ0n) is 11.2. The number of hydrogen-bond acceptors (Lipinski definition) is 3. The number of methoxy groups -OCH3 is 1. The highest BCUT2D eigenvalue weighted by molar-refractivity contribution is 14.1. The number of anilines is 1. The Morgan fingerprint density at radius 2 is 2.21 bits per heavy atom. The summed E-state index contributed by atoms with van der Waals surface area (Å²) in [5.41, 5.74) is 3.45. The largest absolute Gasteiger partial charge is 0.380 e. The summed E-state index contributed by atoms with van der Waals surface area (Å²) in [4.78, 5) is 7.06. The molecule has 1 aliphatic heterocycles. The van der Waals surface area contributed by atoms with Crippen LogP contribution in [0.3, 0.4) is 0 Å². The number of benzene rings is 1. The minimum Gasteiger partial charge on any atom is -0.380 e. The molecular weight excluding hydrogens is 351 g/mol. The van der Waals surface area contributed by atoms with Gasteiger partial charge in [0.25, 0.3) is 0 Å². The van der Waals surface area contributed by atoms with Gasteiger partial charge in [-0.25, -0.2) is 0 Å². The molecule has 2 heterocycles. The van der Waals surface area contributed by atoms with Gasteiger partial charge >= 0.3 is 0 Å². The van der Waals surface area contributed by atoms with E-state index in [4.69, 9.17) is 4.74 Å². The topological polar surface area (TPSA) is 25.4 Å². The van der Waals surface area contributed by atoms with E-state index in [1.54, 1.807) is 7.11 Å². The second-order valence-electron chi connectivity index (χ2n) is 5.04. The Kier molecular flexibility index (Phi) is 3.62. The predicted molar refractivity (Wildman–Crippen MR) is 86.8 cm³/mol. The molecule has 3 nitrogen and oxygen atoms in total. The lowest BCUT2D eigenvalue weighted by Gasteiger charge is -2.21. The fraction of sp³-hybridized carbons (Fsp3) is 0.400. The fourth-order valence-corrected chi connectivity index (χ4v) is 3.19. The standard InChI is InChI=1S/C15H17IN2O/c1-10-7-15(18-6-5-12(9-18)19-2)13-4-3-11(16)8-14(13)17-10/h3-4,7-8,12H,5-6,9H2,1-2H3. The molecule has 0 bridgehead atoms. The summed E-state index contributed by atoms with van der Waals surface area (Å²) < 4.78 is 6.69. The van der Waals surface area contributed by atoms with Crippen LogP contribution in [0.25, 0.3) is 10.9 Å². The molecule has 1 aliphatic rings. The maximum atomic E-state index is 5.47. The van der Waals surface area contributed by atoms with Crippen molar-refractivity contribution >= 4 is 39.2 Å². The highest BCUT2D eigenvalue weighted by atomic mass is 127. The monoisotopic (exact) mass is 368 g/mol. The van der Waals surface area contributed by atoms with Crippen LogP contribution in [-0.4, -0.2) is 31.3 Å². The highest BCUT2D eigenvalue weighted by Gasteiger charge is 2.23. The lowest BCUT2D eigenvalue weighted by molar-refractivity contribution is 0.121. The molecule has 3 rings (SSSR count). The van der Waals surface area contributed by atoms with Gasteiger partial charge in [0.2, 0.25) is 0 Å².